The van der Waals surface area contributed by atoms with E-state index in [0.717, 1.165) is 12.5 Å². The molecule has 3 rings (SSSR count). The van der Waals surface area contributed by atoms with Gasteiger partial charge in [-0.2, -0.15) is 0 Å². The van der Waals surface area contributed by atoms with Crippen LogP contribution in [-0.2, 0) is 15.6 Å². The number of carbonyl (C=O) groups excluding carboxylic acids is 1. The fourth-order valence-corrected chi connectivity index (χ4v) is 8.29. The van der Waals surface area contributed by atoms with Crippen molar-refractivity contribution in [1.82, 2.24) is 0 Å². The summed E-state index contributed by atoms with van der Waals surface area (Å²) in [6, 6.07) is 11.8. The van der Waals surface area contributed by atoms with Crippen LogP contribution in [0, 0.1) is 17.8 Å². The predicted octanol–water partition coefficient (Wildman–Crippen LogP) is 5.34. The van der Waals surface area contributed by atoms with Crippen molar-refractivity contribution in [3.63, 3.8) is 0 Å². The van der Waals surface area contributed by atoms with Crippen LogP contribution in [0.1, 0.15) is 18.9 Å². The largest absolute Gasteiger partial charge is 0.461 e. The maximum absolute atomic E-state index is 12.7. The molecule has 0 amide bonds. The lowest BCUT2D eigenvalue weighted by molar-refractivity contribution is -0.145. The number of benzene rings is 1. The molecule has 0 bridgehead atoms. The first-order valence-corrected chi connectivity index (χ1v) is 12.9. The van der Waals surface area contributed by atoms with E-state index in [-0.39, 0.29) is 29.8 Å². The van der Waals surface area contributed by atoms with Crippen molar-refractivity contribution in [3.05, 3.63) is 72.9 Å². The number of hydrogen-bond donors (Lipinski definition) is 0. The fraction of sp³-hybridized carbons (Fsp3) is 0.435. The third-order valence-corrected chi connectivity index (χ3v) is 10.2. The predicted molar refractivity (Wildman–Crippen MR) is 110 cm³/mol. The Morgan fingerprint density at radius 2 is 1.96 bits per heavy atom. The zero-order valence-corrected chi connectivity index (χ0v) is 17.2. The van der Waals surface area contributed by atoms with Crippen LogP contribution in [0.15, 0.2) is 67.3 Å². The number of fused-ring (bicyclic) bond motifs is 1. The molecule has 2 aliphatic rings. The Bertz CT molecular complexity index is 719. The van der Waals surface area contributed by atoms with E-state index < -0.39 is 8.07 Å². The molecule has 1 aromatic rings. The number of hydrogen-bond acceptors (Lipinski definition) is 2. The highest BCUT2D eigenvalue weighted by atomic mass is 28.3. The molecule has 0 N–H and O–H groups in total. The minimum Gasteiger partial charge on any atom is -0.461 e. The summed E-state index contributed by atoms with van der Waals surface area (Å²) in [5.74, 6) is 0.0374. The molecule has 0 saturated carbocycles. The smallest absolute Gasteiger partial charge is 0.310 e. The van der Waals surface area contributed by atoms with Crippen LogP contribution >= 0.6 is 0 Å². The van der Waals surface area contributed by atoms with Crippen LogP contribution in [0.25, 0.3) is 0 Å². The van der Waals surface area contributed by atoms with Crippen LogP contribution < -0.4 is 0 Å². The van der Waals surface area contributed by atoms with Crippen molar-refractivity contribution in [2.75, 3.05) is 0 Å². The molecule has 1 aromatic carbocycles. The van der Waals surface area contributed by atoms with Gasteiger partial charge in [-0.15, -0.1) is 6.58 Å². The van der Waals surface area contributed by atoms with E-state index in [4.69, 9.17) is 4.74 Å². The van der Waals surface area contributed by atoms with Gasteiger partial charge in [0.15, 0.2) is 0 Å². The van der Waals surface area contributed by atoms with E-state index in [9.17, 15) is 4.79 Å². The number of allylic oxidation sites excluding steroid dienone is 3. The molecular weight excluding hydrogens is 336 g/mol. The van der Waals surface area contributed by atoms with Crippen molar-refractivity contribution in [3.8, 4) is 0 Å². The molecule has 1 heterocycles. The normalized spacial score (nSPS) is 29.3. The summed E-state index contributed by atoms with van der Waals surface area (Å²) in [6.45, 7) is 14.8. The Morgan fingerprint density at radius 3 is 2.58 bits per heavy atom. The van der Waals surface area contributed by atoms with Crippen molar-refractivity contribution < 1.29 is 9.53 Å². The van der Waals surface area contributed by atoms with Gasteiger partial charge in [0.2, 0.25) is 0 Å². The van der Waals surface area contributed by atoms with Gasteiger partial charge < -0.3 is 4.74 Å². The number of rotatable bonds is 6. The Kier molecular flexibility index (Phi) is 5.38. The van der Waals surface area contributed by atoms with Gasteiger partial charge in [0.05, 0.1) is 14.0 Å². The van der Waals surface area contributed by atoms with Gasteiger partial charge in [0, 0.05) is 5.92 Å². The maximum Gasteiger partial charge on any atom is 0.310 e. The van der Waals surface area contributed by atoms with Crippen LogP contribution in [0.2, 0.25) is 18.6 Å². The Labute approximate surface area is 158 Å². The van der Waals surface area contributed by atoms with Gasteiger partial charge in [0.25, 0.3) is 0 Å². The van der Waals surface area contributed by atoms with Gasteiger partial charge in [-0.05, 0) is 29.5 Å². The third-order valence-electron chi connectivity index (χ3n) is 6.33. The molecule has 3 heteroatoms. The Hall–Kier alpha value is -1.87. The van der Waals surface area contributed by atoms with Crippen molar-refractivity contribution >= 4 is 14.0 Å². The second-order valence-electron chi connectivity index (χ2n) is 8.45. The summed E-state index contributed by atoms with van der Waals surface area (Å²) in [5, 5.41) is 0. The molecule has 2 nitrogen and oxygen atoms in total. The summed E-state index contributed by atoms with van der Waals surface area (Å²) in [4.78, 5) is 12.7. The van der Waals surface area contributed by atoms with E-state index in [0.29, 0.717) is 5.54 Å². The minimum absolute atomic E-state index is 0.0155. The molecule has 0 unspecified atom stereocenters. The van der Waals surface area contributed by atoms with Crippen LogP contribution in [-0.4, -0.2) is 20.1 Å². The monoisotopic (exact) mass is 366 g/mol. The first-order chi connectivity index (χ1) is 12.4. The SMILES string of the molecule is C=CC1=CC[C@H]([Si](C)(C)Cc2ccccc2)[C@@H]2OC(=O)[C@@H]([C@@H](C)C=C)[C@H]12. The first kappa shape index (κ1) is 18.9. The quantitative estimate of drug-likeness (QED) is 0.386. The zero-order chi connectivity index (χ0) is 18.9. The molecule has 1 saturated heterocycles. The molecule has 138 valence electrons. The Morgan fingerprint density at radius 1 is 1.27 bits per heavy atom. The topological polar surface area (TPSA) is 26.3 Å². The van der Waals surface area contributed by atoms with Gasteiger partial charge in [-0.1, -0.05) is 80.7 Å². The van der Waals surface area contributed by atoms with Crippen LogP contribution in [0.4, 0.5) is 0 Å². The van der Waals surface area contributed by atoms with Crippen molar-refractivity contribution in [2.45, 2.75) is 44.1 Å². The first-order valence-electron chi connectivity index (χ1n) is 9.58. The summed E-state index contributed by atoms with van der Waals surface area (Å²) >= 11 is 0. The second-order valence-corrected chi connectivity index (χ2v) is 13.5. The summed E-state index contributed by atoms with van der Waals surface area (Å²) < 4.78 is 6.03. The summed E-state index contributed by atoms with van der Waals surface area (Å²) in [5.41, 5.74) is 3.00. The third kappa shape index (κ3) is 3.37. The Balaban J connectivity index is 1.92. The average Bonchev–Trinajstić information content (AvgIpc) is 2.97. The highest BCUT2D eigenvalue weighted by molar-refractivity contribution is 6.78. The van der Waals surface area contributed by atoms with E-state index in [1.165, 1.54) is 11.1 Å². The van der Waals surface area contributed by atoms with E-state index >= 15 is 0 Å². The van der Waals surface area contributed by atoms with Gasteiger partial charge in [-0.3, -0.25) is 4.79 Å². The maximum atomic E-state index is 12.7. The fourth-order valence-electron chi connectivity index (χ4n) is 4.82. The zero-order valence-electron chi connectivity index (χ0n) is 16.2. The van der Waals surface area contributed by atoms with Gasteiger partial charge in [0.1, 0.15) is 6.10 Å². The number of carbonyl (C=O) groups is 1. The summed E-state index contributed by atoms with van der Waals surface area (Å²) in [7, 11) is -1.66. The molecule has 0 spiro atoms. The van der Waals surface area contributed by atoms with Crippen molar-refractivity contribution in [2.24, 2.45) is 17.8 Å². The summed E-state index contributed by atoms with van der Waals surface area (Å²) in [6.07, 6.45) is 7.08. The average molecular weight is 367 g/mol. The standard InChI is InChI=1S/C23H30O2Si/c1-6-16(3)20-21-18(7-2)13-14-19(22(21)25-23(20)24)26(4,5)15-17-11-9-8-10-12-17/h6-13,16,19-22H,1-2,14-15H2,3-5H3/t16-,19-,20-,21-,22-/m0/s1. The molecule has 0 aromatic heterocycles. The van der Waals surface area contributed by atoms with Crippen LogP contribution in [0.5, 0.6) is 0 Å². The van der Waals surface area contributed by atoms with Gasteiger partial charge in [-0.25, -0.2) is 0 Å². The molecule has 5 atom stereocenters. The minimum atomic E-state index is -1.66. The van der Waals surface area contributed by atoms with Crippen LogP contribution in [0.3, 0.4) is 0 Å². The highest BCUT2D eigenvalue weighted by Crippen LogP contribution is 2.51. The lowest BCUT2D eigenvalue weighted by Crippen LogP contribution is -2.46. The van der Waals surface area contributed by atoms with E-state index in [2.05, 4.69) is 69.6 Å². The molecule has 1 aliphatic heterocycles. The van der Waals surface area contributed by atoms with E-state index in [1.807, 2.05) is 12.2 Å². The second kappa shape index (κ2) is 7.40. The molecule has 1 fully saturated rings. The molecule has 1 aliphatic carbocycles. The lowest BCUT2D eigenvalue weighted by atomic mass is 9.73. The van der Waals surface area contributed by atoms with Gasteiger partial charge >= 0.3 is 5.97 Å². The molecular formula is C23H30O2Si. The van der Waals surface area contributed by atoms with Crippen molar-refractivity contribution in [1.29, 1.82) is 0 Å². The number of ether oxygens (including phenoxy) is 1. The highest BCUT2D eigenvalue weighted by Gasteiger charge is 2.54. The lowest BCUT2D eigenvalue weighted by Gasteiger charge is -2.41. The number of esters is 1. The molecule has 26 heavy (non-hydrogen) atoms. The molecule has 0 radical (unpaired) electrons. The van der Waals surface area contributed by atoms with E-state index in [1.54, 1.807) is 0 Å².